The molecule has 0 radical (unpaired) electrons. The van der Waals surface area contributed by atoms with Crippen LogP contribution in [-0.2, 0) is 30.1 Å². The number of amides is 5. The maximum Gasteiger partial charge on any atom is 0.416 e. The number of rotatable bonds is 20. The van der Waals surface area contributed by atoms with Gasteiger partial charge in [-0.1, -0.05) is 82.9 Å². The van der Waals surface area contributed by atoms with Crippen LogP contribution in [-0.4, -0.2) is 88.4 Å². The number of likely N-dealkylation sites (tertiary alicyclic amines) is 2. The number of hydrogen-bond donors (Lipinski definition) is 3. The first-order chi connectivity index (χ1) is 34.2. The minimum atomic E-state index is -4.44. The molecular formula is C55H63F3N6O7S. The Morgan fingerprint density at radius 3 is 2.14 bits per heavy atom. The molecule has 3 heterocycles. The Labute approximate surface area is 422 Å². The van der Waals surface area contributed by atoms with E-state index in [4.69, 9.17) is 4.74 Å². The van der Waals surface area contributed by atoms with E-state index >= 15 is 0 Å². The van der Waals surface area contributed by atoms with Crippen LogP contribution in [0.4, 0.5) is 13.2 Å². The third-order valence-electron chi connectivity index (χ3n) is 13.3. The molecule has 13 nitrogen and oxygen atoms in total. The zero-order valence-electron chi connectivity index (χ0n) is 41.4. The first kappa shape index (κ1) is 53.2. The molecule has 0 bridgehead atoms. The van der Waals surface area contributed by atoms with Crippen molar-refractivity contribution in [2.45, 2.75) is 117 Å². The van der Waals surface area contributed by atoms with Crippen LogP contribution < -0.4 is 20.7 Å². The Kier molecular flexibility index (Phi) is 17.2. The lowest BCUT2D eigenvalue weighted by molar-refractivity contribution is -0.144. The molecule has 2 aliphatic heterocycles. The molecule has 2 saturated heterocycles. The SMILES string of the molecule is Cc1ncsc1-c1ccc([C@H](C)NC(=O)[C@@H]2CC(=O)CN2C(=O)[C@@H](NC(=O)CCCCCCCCC(=O)NCC2CN(C(=O)c3ccc4c(Oc5ccc(C(F)(F)F)cc5)cccc4c3)C2)C(C)(C)C)cc1. The van der Waals surface area contributed by atoms with Crippen molar-refractivity contribution in [1.29, 1.82) is 0 Å². The third kappa shape index (κ3) is 13.7. The first-order valence-electron chi connectivity index (χ1n) is 24.6. The molecule has 1 aromatic heterocycles. The summed E-state index contributed by atoms with van der Waals surface area (Å²) < 4.78 is 44.8. The van der Waals surface area contributed by atoms with Crippen LogP contribution in [0.5, 0.6) is 11.5 Å². The molecule has 382 valence electrons. The number of alkyl halides is 3. The molecule has 0 unspecified atom stereocenters. The van der Waals surface area contributed by atoms with Gasteiger partial charge < -0.3 is 30.5 Å². The van der Waals surface area contributed by atoms with E-state index in [0.717, 1.165) is 71.3 Å². The van der Waals surface area contributed by atoms with Gasteiger partial charge in [0.2, 0.25) is 23.6 Å². The summed E-state index contributed by atoms with van der Waals surface area (Å²) in [4.78, 5) is 87.9. The summed E-state index contributed by atoms with van der Waals surface area (Å²) in [7, 11) is 0. The number of fused-ring (bicyclic) bond motifs is 1. The van der Waals surface area contributed by atoms with Gasteiger partial charge in [-0.05, 0) is 97.1 Å². The highest BCUT2D eigenvalue weighted by Gasteiger charge is 2.45. The molecule has 5 aromatic rings. The second-order valence-electron chi connectivity index (χ2n) is 20.0. The molecule has 17 heteroatoms. The van der Waals surface area contributed by atoms with Gasteiger partial charge in [-0.25, -0.2) is 4.98 Å². The summed E-state index contributed by atoms with van der Waals surface area (Å²) >= 11 is 1.56. The predicted octanol–water partition coefficient (Wildman–Crippen LogP) is 9.97. The number of aromatic nitrogens is 1. The molecule has 0 spiro atoms. The van der Waals surface area contributed by atoms with E-state index in [1.165, 1.54) is 17.0 Å². The number of aryl methyl sites for hydroxylation is 1. The molecule has 72 heavy (non-hydrogen) atoms. The number of nitrogens with zero attached hydrogens (tertiary/aromatic N) is 3. The van der Waals surface area contributed by atoms with E-state index in [-0.39, 0.29) is 60.6 Å². The molecule has 5 amide bonds. The number of unbranched alkanes of at least 4 members (excludes halogenated alkanes) is 5. The van der Waals surface area contributed by atoms with Crippen molar-refractivity contribution < 1.29 is 46.7 Å². The van der Waals surface area contributed by atoms with Crippen molar-refractivity contribution >= 4 is 57.4 Å². The van der Waals surface area contributed by atoms with Crippen LogP contribution in [0.15, 0.2) is 90.4 Å². The number of ether oxygens (including phenoxy) is 1. The molecule has 0 saturated carbocycles. The second-order valence-corrected chi connectivity index (χ2v) is 20.9. The van der Waals surface area contributed by atoms with Gasteiger partial charge in [0, 0.05) is 55.8 Å². The average Bonchev–Trinajstić information content (AvgIpc) is 3.95. The molecule has 2 fully saturated rings. The highest BCUT2D eigenvalue weighted by molar-refractivity contribution is 7.13. The Morgan fingerprint density at radius 1 is 0.833 bits per heavy atom. The van der Waals surface area contributed by atoms with Crippen molar-refractivity contribution in [3.8, 4) is 21.9 Å². The number of halogens is 3. The predicted molar refractivity (Wildman–Crippen MR) is 270 cm³/mol. The van der Waals surface area contributed by atoms with Gasteiger partial charge >= 0.3 is 6.18 Å². The summed E-state index contributed by atoms with van der Waals surface area (Å²) in [5, 5.41) is 10.4. The molecule has 3 N–H and O–H groups in total. The number of carbonyl (C=O) groups excluding carboxylic acids is 6. The third-order valence-corrected chi connectivity index (χ3v) is 14.3. The standard InChI is InChI=1S/C55H63F3N6O7S/c1-34(37-17-19-38(20-18-37)49-35(2)60-33-72-49)61-51(68)45-28-42(65)32-64(45)53(70)50(54(3,4)5)62-48(67)16-11-9-7-6-8-10-15-47(66)59-29-36-30-63(31-36)52(69)40-21-26-44-39(27-40)13-12-14-46(44)71-43-24-22-41(23-25-43)55(56,57)58/h12-14,17-27,33-34,36,45,50H,6-11,15-16,28-32H2,1-5H3,(H,59,66)(H,61,68)(H,62,67)/t34-,45-,50+/m0/s1. The lowest BCUT2D eigenvalue weighted by atomic mass is 9.85. The van der Waals surface area contributed by atoms with Crippen LogP contribution >= 0.6 is 11.3 Å². The highest BCUT2D eigenvalue weighted by atomic mass is 32.1. The summed E-state index contributed by atoms with van der Waals surface area (Å²) in [6, 6.07) is 20.6. The number of carbonyl (C=O) groups is 6. The lowest BCUT2D eigenvalue weighted by Gasteiger charge is -2.39. The summed E-state index contributed by atoms with van der Waals surface area (Å²) in [6.45, 7) is 10.7. The Hall–Kier alpha value is -6.62. The van der Waals surface area contributed by atoms with E-state index in [1.54, 1.807) is 52.1 Å². The smallest absolute Gasteiger partial charge is 0.416 e. The van der Waals surface area contributed by atoms with Gasteiger partial charge in [0.25, 0.3) is 5.91 Å². The molecular weight excluding hydrogens is 946 g/mol. The second kappa shape index (κ2) is 23.3. The summed E-state index contributed by atoms with van der Waals surface area (Å²) in [5.41, 5.74) is 3.72. The number of Topliss-reactive ketones (excluding diaryl/α,β-unsaturated/α-hetero) is 1. The van der Waals surface area contributed by atoms with Gasteiger partial charge in [-0.2, -0.15) is 13.2 Å². The van der Waals surface area contributed by atoms with Crippen LogP contribution in [0, 0.1) is 18.3 Å². The van der Waals surface area contributed by atoms with Crippen LogP contribution in [0.25, 0.3) is 21.2 Å². The molecule has 3 atom stereocenters. The Balaban J connectivity index is 0.758. The zero-order chi connectivity index (χ0) is 51.7. The minimum Gasteiger partial charge on any atom is -0.457 e. The largest absolute Gasteiger partial charge is 0.457 e. The fraction of sp³-hybridized carbons (Fsp3) is 0.436. The van der Waals surface area contributed by atoms with Crippen LogP contribution in [0.2, 0.25) is 0 Å². The van der Waals surface area contributed by atoms with Crippen molar-refractivity contribution in [2.24, 2.45) is 11.3 Å². The number of thiazole rings is 1. The fourth-order valence-electron chi connectivity index (χ4n) is 9.09. The van der Waals surface area contributed by atoms with E-state index in [1.807, 2.05) is 65.0 Å². The number of benzene rings is 4. The van der Waals surface area contributed by atoms with E-state index in [2.05, 4.69) is 20.9 Å². The van der Waals surface area contributed by atoms with Gasteiger partial charge in [0.1, 0.15) is 23.6 Å². The topological polar surface area (TPSA) is 167 Å². The average molecular weight is 1010 g/mol. The first-order valence-corrected chi connectivity index (χ1v) is 25.5. The van der Waals surface area contributed by atoms with Gasteiger partial charge in [0.15, 0.2) is 5.78 Å². The maximum atomic E-state index is 14.0. The van der Waals surface area contributed by atoms with Gasteiger partial charge in [0.05, 0.1) is 34.2 Å². The van der Waals surface area contributed by atoms with Crippen LogP contribution in [0.1, 0.15) is 119 Å². The Bertz CT molecular complexity index is 2750. The van der Waals surface area contributed by atoms with Gasteiger partial charge in [-0.3, -0.25) is 28.8 Å². The molecule has 4 aromatic carbocycles. The maximum absolute atomic E-state index is 14.0. The quantitative estimate of drug-likeness (QED) is 0.0648. The number of hydrogen-bond acceptors (Lipinski definition) is 9. The van der Waals surface area contributed by atoms with Crippen molar-refractivity contribution in [3.05, 3.63) is 113 Å². The van der Waals surface area contributed by atoms with Crippen molar-refractivity contribution in [2.75, 3.05) is 26.2 Å². The van der Waals surface area contributed by atoms with E-state index < -0.39 is 41.1 Å². The zero-order valence-corrected chi connectivity index (χ0v) is 42.2. The van der Waals surface area contributed by atoms with E-state index in [9.17, 15) is 41.9 Å². The highest BCUT2D eigenvalue weighted by Crippen LogP contribution is 2.35. The normalized spacial score (nSPS) is 16.0. The molecule has 0 aliphatic carbocycles. The Morgan fingerprint density at radius 2 is 1.50 bits per heavy atom. The summed E-state index contributed by atoms with van der Waals surface area (Å²) in [6.07, 6.45) is 0.907. The van der Waals surface area contributed by atoms with Gasteiger partial charge in [-0.15, -0.1) is 11.3 Å². The van der Waals surface area contributed by atoms with E-state index in [0.29, 0.717) is 49.2 Å². The minimum absolute atomic E-state index is 0.0350. The van der Waals surface area contributed by atoms with Crippen LogP contribution in [0.3, 0.4) is 0 Å². The number of ketones is 1. The fourth-order valence-corrected chi connectivity index (χ4v) is 9.90. The monoisotopic (exact) mass is 1010 g/mol. The lowest BCUT2D eigenvalue weighted by Crippen LogP contribution is -2.57. The molecule has 2 aliphatic rings. The van der Waals surface area contributed by atoms with Crippen molar-refractivity contribution in [3.63, 3.8) is 0 Å². The van der Waals surface area contributed by atoms with Crippen molar-refractivity contribution in [1.82, 2.24) is 30.7 Å². The summed E-state index contributed by atoms with van der Waals surface area (Å²) in [5.74, 6) is -0.666. The molecule has 7 rings (SSSR count). The number of nitrogens with one attached hydrogen (secondary N) is 3.